The second-order valence-electron chi connectivity index (χ2n) is 7.05. The Labute approximate surface area is 172 Å². The summed E-state index contributed by atoms with van der Waals surface area (Å²) in [6.07, 6.45) is 0. The van der Waals surface area contributed by atoms with Crippen molar-refractivity contribution >= 4 is 15.9 Å². The average molecular weight is 421 g/mol. The molecule has 0 heterocycles. The number of likely N-dealkylation sites (N-methyl/N-ethyl adjacent to an activating group) is 1. The van der Waals surface area contributed by atoms with Crippen LogP contribution in [0.1, 0.15) is 21.5 Å². The first-order valence-corrected chi connectivity index (χ1v) is 10.6. The number of hydrogen-bond donors (Lipinski definition) is 0. The highest BCUT2D eigenvalue weighted by Gasteiger charge is 2.24. The molecule has 8 heteroatoms. The Hall–Kier alpha value is -2.58. The Morgan fingerprint density at radius 1 is 1.00 bits per heavy atom. The van der Waals surface area contributed by atoms with E-state index in [4.69, 9.17) is 9.47 Å². The molecule has 0 aliphatic rings. The lowest BCUT2D eigenvalue weighted by Crippen LogP contribution is -2.31. The molecule has 0 aromatic heterocycles. The summed E-state index contributed by atoms with van der Waals surface area (Å²) in [5, 5.41) is 0. The molecule has 2 aromatic carbocycles. The van der Waals surface area contributed by atoms with Gasteiger partial charge in [0, 0.05) is 26.7 Å². The van der Waals surface area contributed by atoms with E-state index in [1.54, 1.807) is 13.1 Å². The van der Waals surface area contributed by atoms with Crippen molar-refractivity contribution in [3.63, 3.8) is 0 Å². The van der Waals surface area contributed by atoms with Crippen molar-refractivity contribution in [1.82, 2.24) is 9.21 Å². The van der Waals surface area contributed by atoms with Gasteiger partial charge in [-0.15, -0.1) is 0 Å². The van der Waals surface area contributed by atoms with E-state index in [-0.39, 0.29) is 22.1 Å². The van der Waals surface area contributed by atoms with Crippen LogP contribution in [0.25, 0.3) is 0 Å². The van der Waals surface area contributed by atoms with Crippen LogP contribution in [0.15, 0.2) is 41.3 Å². The molecule has 29 heavy (non-hydrogen) atoms. The van der Waals surface area contributed by atoms with E-state index in [1.165, 1.54) is 38.2 Å². The molecule has 2 rings (SSSR count). The van der Waals surface area contributed by atoms with Crippen LogP contribution in [-0.2, 0) is 10.0 Å². The van der Waals surface area contributed by atoms with Gasteiger partial charge in [-0.2, -0.15) is 0 Å². The fourth-order valence-electron chi connectivity index (χ4n) is 2.85. The zero-order valence-electron chi connectivity index (χ0n) is 17.7. The van der Waals surface area contributed by atoms with Crippen LogP contribution in [-0.4, -0.2) is 64.9 Å². The molecule has 0 aliphatic carbocycles. The smallest absolute Gasteiger partial charge is 0.253 e. The molecule has 0 aliphatic heterocycles. The molecular formula is C21H28N2O5S. The summed E-state index contributed by atoms with van der Waals surface area (Å²) >= 11 is 0. The minimum atomic E-state index is -3.75. The van der Waals surface area contributed by atoms with E-state index in [2.05, 4.69) is 6.07 Å². The monoisotopic (exact) mass is 420 g/mol. The minimum Gasteiger partial charge on any atom is -0.495 e. The molecule has 7 nitrogen and oxygen atoms in total. The summed E-state index contributed by atoms with van der Waals surface area (Å²) in [5.74, 6) is 0.648. The first-order valence-electron chi connectivity index (χ1n) is 9.13. The number of sulfonamides is 1. The number of carbonyl (C=O) groups is 1. The highest BCUT2D eigenvalue weighted by Crippen LogP contribution is 2.27. The number of amides is 1. The van der Waals surface area contributed by atoms with Gasteiger partial charge in [0.15, 0.2) is 0 Å². The third kappa shape index (κ3) is 5.48. The maximum absolute atomic E-state index is 12.8. The van der Waals surface area contributed by atoms with Gasteiger partial charge in [0.1, 0.15) is 23.0 Å². The van der Waals surface area contributed by atoms with Gasteiger partial charge in [-0.05, 0) is 55.3 Å². The third-order valence-corrected chi connectivity index (χ3v) is 6.24. The zero-order chi connectivity index (χ0) is 21.8. The normalized spacial score (nSPS) is 11.4. The lowest BCUT2D eigenvalue weighted by molar-refractivity contribution is 0.0773. The first-order chi connectivity index (χ1) is 13.6. The van der Waals surface area contributed by atoms with E-state index < -0.39 is 10.0 Å². The summed E-state index contributed by atoms with van der Waals surface area (Å²) in [5.41, 5.74) is 2.48. The average Bonchev–Trinajstić information content (AvgIpc) is 2.65. The molecule has 0 saturated heterocycles. The second-order valence-corrected chi connectivity index (χ2v) is 9.17. The Morgan fingerprint density at radius 3 is 2.17 bits per heavy atom. The van der Waals surface area contributed by atoms with E-state index in [9.17, 15) is 13.2 Å². The van der Waals surface area contributed by atoms with Crippen molar-refractivity contribution in [3.05, 3.63) is 53.1 Å². The summed E-state index contributed by atoms with van der Waals surface area (Å²) in [6.45, 7) is 4.68. The van der Waals surface area contributed by atoms with Crippen LogP contribution >= 0.6 is 0 Å². The molecule has 0 N–H and O–H groups in total. The van der Waals surface area contributed by atoms with Gasteiger partial charge in [-0.1, -0.05) is 6.07 Å². The van der Waals surface area contributed by atoms with Gasteiger partial charge in [0.25, 0.3) is 5.91 Å². The highest BCUT2D eigenvalue weighted by atomic mass is 32.2. The van der Waals surface area contributed by atoms with Crippen LogP contribution in [0.5, 0.6) is 11.5 Å². The largest absolute Gasteiger partial charge is 0.495 e. The molecule has 0 bridgehead atoms. The van der Waals surface area contributed by atoms with Crippen molar-refractivity contribution in [2.75, 3.05) is 41.4 Å². The number of nitrogens with zero attached hydrogens (tertiary/aromatic N) is 2. The Kier molecular flexibility index (Phi) is 7.26. The van der Waals surface area contributed by atoms with Gasteiger partial charge in [0.05, 0.1) is 13.7 Å². The van der Waals surface area contributed by atoms with Gasteiger partial charge in [-0.25, -0.2) is 12.7 Å². The lowest BCUT2D eigenvalue weighted by Gasteiger charge is -2.19. The van der Waals surface area contributed by atoms with Gasteiger partial charge < -0.3 is 14.4 Å². The molecule has 0 radical (unpaired) electrons. The minimum absolute atomic E-state index is 0.0456. The summed E-state index contributed by atoms with van der Waals surface area (Å²) in [7, 11) is 2.15. The topological polar surface area (TPSA) is 76.1 Å². The zero-order valence-corrected chi connectivity index (χ0v) is 18.5. The SMILES string of the molecule is COc1ccc(C(=O)N(C)CCOc2cc(C)cc(C)c2)cc1S(=O)(=O)N(C)C. The third-order valence-electron chi connectivity index (χ3n) is 4.41. The Morgan fingerprint density at radius 2 is 1.62 bits per heavy atom. The number of carbonyl (C=O) groups excluding carboxylic acids is 1. The first kappa shape index (κ1) is 22.7. The van der Waals surface area contributed by atoms with E-state index in [0.29, 0.717) is 13.2 Å². The number of methoxy groups -OCH3 is 1. The highest BCUT2D eigenvalue weighted by molar-refractivity contribution is 7.89. The maximum Gasteiger partial charge on any atom is 0.253 e. The lowest BCUT2D eigenvalue weighted by atomic mass is 10.1. The summed E-state index contributed by atoms with van der Waals surface area (Å²) in [6, 6.07) is 10.3. The van der Waals surface area contributed by atoms with Crippen molar-refractivity contribution < 1.29 is 22.7 Å². The standard InChI is InChI=1S/C21H28N2O5S/c1-15-11-16(2)13-18(12-15)28-10-9-23(5)21(24)17-7-8-19(27-6)20(14-17)29(25,26)22(3)4/h7-8,11-14H,9-10H2,1-6H3. The van der Waals surface area contributed by atoms with Crippen molar-refractivity contribution in [3.8, 4) is 11.5 Å². The number of rotatable bonds is 8. The molecule has 0 saturated carbocycles. The van der Waals surface area contributed by atoms with Crippen LogP contribution < -0.4 is 9.47 Å². The predicted octanol–water partition coefficient (Wildman–Crippen LogP) is 2.71. The predicted molar refractivity (Wildman–Crippen MR) is 112 cm³/mol. The van der Waals surface area contributed by atoms with Crippen LogP contribution in [0.4, 0.5) is 0 Å². The van der Waals surface area contributed by atoms with Crippen LogP contribution in [0.3, 0.4) is 0 Å². The van der Waals surface area contributed by atoms with Crippen molar-refractivity contribution in [2.45, 2.75) is 18.7 Å². The molecule has 2 aromatic rings. The Bertz CT molecular complexity index is 966. The van der Waals surface area contributed by atoms with Gasteiger partial charge in [0.2, 0.25) is 10.0 Å². The maximum atomic E-state index is 12.8. The van der Waals surface area contributed by atoms with Gasteiger partial charge in [-0.3, -0.25) is 4.79 Å². The number of benzene rings is 2. The number of hydrogen-bond acceptors (Lipinski definition) is 5. The molecule has 0 unspecified atom stereocenters. The van der Waals surface area contributed by atoms with Gasteiger partial charge >= 0.3 is 0 Å². The number of ether oxygens (including phenoxy) is 2. The molecule has 1 amide bonds. The fraction of sp³-hybridized carbons (Fsp3) is 0.381. The van der Waals surface area contributed by atoms with E-state index >= 15 is 0 Å². The van der Waals surface area contributed by atoms with Crippen molar-refractivity contribution in [1.29, 1.82) is 0 Å². The molecule has 0 atom stereocenters. The van der Waals surface area contributed by atoms with E-state index in [1.807, 2.05) is 26.0 Å². The molecule has 158 valence electrons. The Balaban J connectivity index is 2.12. The summed E-state index contributed by atoms with van der Waals surface area (Å²) < 4.78 is 37.1. The quantitative estimate of drug-likeness (QED) is 0.656. The van der Waals surface area contributed by atoms with E-state index in [0.717, 1.165) is 21.2 Å². The fourth-order valence-corrected chi connectivity index (χ4v) is 3.92. The molecular weight excluding hydrogens is 392 g/mol. The van der Waals surface area contributed by atoms with Crippen molar-refractivity contribution in [2.24, 2.45) is 0 Å². The number of aryl methyl sites for hydroxylation is 2. The van der Waals surface area contributed by atoms with Crippen LogP contribution in [0.2, 0.25) is 0 Å². The molecule has 0 spiro atoms. The second kappa shape index (κ2) is 9.28. The summed E-state index contributed by atoms with van der Waals surface area (Å²) in [4.78, 5) is 14.2. The van der Waals surface area contributed by atoms with Crippen LogP contribution in [0, 0.1) is 13.8 Å². The molecule has 0 fully saturated rings.